The standard InChI is InChI=1S/C3H5N3O2S/c7-3(8)6-4-1-2(9)5-6/h1,4-5,9H,(H,7,8). The topological polar surface area (TPSA) is 64.6 Å². The maximum absolute atomic E-state index is 10.1. The third kappa shape index (κ3) is 1.20. The minimum absolute atomic E-state index is 0.470. The van der Waals surface area contributed by atoms with Gasteiger partial charge in [0.2, 0.25) is 0 Å². The van der Waals surface area contributed by atoms with Gasteiger partial charge in [0.25, 0.3) is 0 Å². The van der Waals surface area contributed by atoms with Crippen LogP contribution in [0.3, 0.4) is 0 Å². The van der Waals surface area contributed by atoms with Crippen LogP contribution in [-0.4, -0.2) is 16.3 Å². The second kappa shape index (κ2) is 2.06. The molecule has 0 aromatic carbocycles. The Morgan fingerprint density at radius 3 is 2.78 bits per heavy atom. The van der Waals surface area contributed by atoms with Gasteiger partial charge in [0.1, 0.15) is 5.03 Å². The van der Waals surface area contributed by atoms with E-state index < -0.39 is 6.09 Å². The number of carboxylic acid groups (broad SMARTS) is 1. The Balaban J connectivity index is 2.47. The predicted molar refractivity (Wildman–Crippen MR) is 33.2 cm³/mol. The molecule has 0 aromatic rings. The summed E-state index contributed by atoms with van der Waals surface area (Å²) in [4.78, 5) is 10.1. The maximum atomic E-state index is 10.1. The summed E-state index contributed by atoms with van der Waals surface area (Å²) in [5, 5.41) is 9.53. The SMILES string of the molecule is O=C(O)N1NC=C(S)N1. The van der Waals surface area contributed by atoms with E-state index >= 15 is 0 Å². The molecule has 1 amide bonds. The number of amides is 1. The van der Waals surface area contributed by atoms with Gasteiger partial charge in [-0.1, -0.05) is 0 Å². The molecule has 5 nitrogen and oxygen atoms in total. The van der Waals surface area contributed by atoms with Crippen LogP contribution in [-0.2, 0) is 0 Å². The first-order valence-electron chi connectivity index (χ1n) is 2.15. The first-order chi connectivity index (χ1) is 4.20. The Bertz CT molecular complexity index is 168. The van der Waals surface area contributed by atoms with Gasteiger partial charge in [0, 0.05) is 0 Å². The smallest absolute Gasteiger partial charge is 0.446 e. The van der Waals surface area contributed by atoms with E-state index in [9.17, 15) is 4.79 Å². The molecule has 0 spiro atoms. The minimum Gasteiger partial charge on any atom is -0.462 e. The Morgan fingerprint density at radius 2 is 2.56 bits per heavy atom. The summed E-state index contributed by atoms with van der Waals surface area (Å²) in [6, 6.07) is 0. The van der Waals surface area contributed by atoms with Gasteiger partial charge in [0.05, 0.1) is 6.20 Å². The number of carbonyl (C=O) groups is 1. The van der Waals surface area contributed by atoms with Crippen LogP contribution in [0.4, 0.5) is 4.79 Å². The summed E-state index contributed by atoms with van der Waals surface area (Å²) >= 11 is 3.83. The van der Waals surface area contributed by atoms with Crippen LogP contribution in [0.2, 0.25) is 0 Å². The van der Waals surface area contributed by atoms with Crippen molar-refractivity contribution < 1.29 is 9.90 Å². The molecule has 0 unspecified atom stereocenters. The Kier molecular flexibility index (Phi) is 1.39. The molecule has 6 heteroatoms. The molecule has 0 bridgehead atoms. The molecule has 0 atom stereocenters. The number of nitrogens with zero attached hydrogens (tertiary/aromatic N) is 1. The van der Waals surface area contributed by atoms with E-state index in [2.05, 4.69) is 23.5 Å². The monoisotopic (exact) mass is 147 g/mol. The van der Waals surface area contributed by atoms with Crippen molar-refractivity contribution in [2.75, 3.05) is 0 Å². The zero-order valence-electron chi connectivity index (χ0n) is 4.33. The van der Waals surface area contributed by atoms with Crippen molar-refractivity contribution in [1.82, 2.24) is 16.0 Å². The fourth-order valence-corrected chi connectivity index (χ4v) is 0.566. The lowest BCUT2D eigenvalue weighted by molar-refractivity contribution is 0.119. The van der Waals surface area contributed by atoms with E-state index in [1.165, 1.54) is 6.20 Å². The van der Waals surface area contributed by atoms with Crippen molar-refractivity contribution in [1.29, 1.82) is 0 Å². The molecule has 0 aliphatic carbocycles. The fraction of sp³-hybridized carbons (Fsp3) is 0. The normalized spacial score (nSPS) is 16.1. The number of hydrazine groups is 2. The number of hydrogen-bond donors (Lipinski definition) is 4. The molecule has 0 radical (unpaired) electrons. The third-order valence-corrected chi connectivity index (χ3v) is 0.977. The third-order valence-electron chi connectivity index (χ3n) is 0.748. The first-order valence-corrected chi connectivity index (χ1v) is 2.60. The molecule has 50 valence electrons. The van der Waals surface area contributed by atoms with Crippen LogP contribution in [0.15, 0.2) is 11.2 Å². The van der Waals surface area contributed by atoms with Crippen molar-refractivity contribution in [2.45, 2.75) is 0 Å². The number of thiol groups is 1. The molecule has 1 heterocycles. The highest BCUT2D eigenvalue weighted by Crippen LogP contribution is 1.99. The van der Waals surface area contributed by atoms with Crippen LogP contribution in [0.5, 0.6) is 0 Å². The Morgan fingerprint density at radius 1 is 1.89 bits per heavy atom. The summed E-state index contributed by atoms with van der Waals surface area (Å²) in [5.41, 5.74) is 4.79. The molecular weight excluding hydrogens is 142 g/mol. The lowest BCUT2D eigenvalue weighted by Crippen LogP contribution is -2.42. The largest absolute Gasteiger partial charge is 0.462 e. The highest BCUT2D eigenvalue weighted by atomic mass is 32.1. The van der Waals surface area contributed by atoms with Crippen molar-refractivity contribution in [2.24, 2.45) is 0 Å². The van der Waals surface area contributed by atoms with Crippen molar-refractivity contribution in [3.63, 3.8) is 0 Å². The van der Waals surface area contributed by atoms with E-state index in [1.807, 2.05) is 0 Å². The van der Waals surface area contributed by atoms with E-state index in [0.29, 0.717) is 5.03 Å². The molecule has 0 saturated heterocycles. The molecule has 0 fully saturated rings. The molecule has 1 aliphatic rings. The number of rotatable bonds is 0. The van der Waals surface area contributed by atoms with E-state index in [4.69, 9.17) is 5.11 Å². The van der Waals surface area contributed by atoms with Crippen LogP contribution in [0.1, 0.15) is 0 Å². The summed E-state index contributed by atoms with van der Waals surface area (Å²) in [5.74, 6) is 0. The van der Waals surface area contributed by atoms with E-state index in [-0.39, 0.29) is 0 Å². The van der Waals surface area contributed by atoms with Gasteiger partial charge in [-0.2, -0.15) is 0 Å². The average molecular weight is 147 g/mol. The zero-order valence-corrected chi connectivity index (χ0v) is 5.22. The van der Waals surface area contributed by atoms with Gasteiger partial charge in [-0.05, 0) is 0 Å². The summed E-state index contributed by atoms with van der Waals surface area (Å²) in [6.07, 6.45) is 0.326. The van der Waals surface area contributed by atoms with Crippen LogP contribution >= 0.6 is 12.6 Å². The van der Waals surface area contributed by atoms with Crippen LogP contribution < -0.4 is 10.9 Å². The fourth-order valence-electron chi connectivity index (χ4n) is 0.408. The first kappa shape index (κ1) is 6.09. The van der Waals surface area contributed by atoms with Crippen LogP contribution in [0, 0.1) is 0 Å². The second-order valence-electron chi connectivity index (χ2n) is 1.39. The van der Waals surface area contributed by atoms with Gasteiger partial charge < -0.3 is 5.11 Å². The molecule has 3 N–H and O–H groups in total. The van der Waals surface area contributed by atoms with Gasteiger partial charge in [-0.3, -0.25) is 10.9 Å². The lowest BCUT2D eigenvalue weighted by atomic mass is 11.0. The molecule has 1 aliphatic heterocycles. The maximum Gasteiger partial charge on any atom is 0.446 e. The molecule has 9 heavy (non-hydrogen) atoms. The Hall–Kier alpha value is -1.04. The summed E-state index contributed by atoms with van der Waals surface area (Å²) < 4.78 is 0. The number of hydrogen-bond acceptors (Lipinski definition) is 4. The molecular formula is C3H5N3O2S. The number of nitrogens with one attached hydrogen (secondary N) is 2. The van der Waals surface area contributed by atoms with Crippen LogP contribution in [0.25, 0.3) is 0 Å². The van der Waals surface area contributed by atoms with Gasteiger partial charge in [-0.15, -0.1) is 17.7 Å². The average Bonchev–Trinajstić information content (AvgIpc) is 2.14. The molecule has 0 aromatic heterocycles. The second-order valence-corrected chi connectivity index (χ2v) is 1.87. The summed E-state index contributed by atoms with van der Waals surface area (Å²) in [6.45, 7) is 0. The van der Waals surface area contributed by atoms with Gasteiger partial charge in [-0.25, -0.2) is 4.79 Å². The zero-order chi connectivity index (χ0) is 6.85. The predicted octanol–water partition coefficient (Wildman–Crippen LogP) is -0.282. The highest BCUT2D eigenvalue weighted by molar-refractivity contribution is 7.84. The lowest BCUT2D eigenvalue weighted by Gasteiger charge is -2.10. The van der Waals surface area contributed by atoms with Crippen molar-refractivity contribution in [3.05, 3.63) is 11.2 Å². The van der Waals surface area contributed by atoms with Gasteiger partial charge >= 0.3 is 6.09 Å². The van der Waals surface area contributed by atoms with Crippen molar-refractivity contribution >= 4 is 18.7 Å². The Labute approximate surface area is 56.7 Å². The minimum atomic E-state index is -1.10. The van der Waals surface area contributed by atoms with Crippen molar-refractivity contribution in [3.8, 4) is 0 Å². The van der Waals surface area contributed by atoms with E-state index in [0.717, 1.165) is 5.12 Å². The highest BCUT2D eigenvalue weighted by Gasteiger charge is 2.14. The van der Waals surface area contributed by atoms with E-state index in [1.54, 1.807) is 0 Å². The van der Waals surface area contributed by atoms with Gasteiger partial charge in [0.15, 0.2) is 0 Å². The summed E-state index contributed by atoms with van der Waals surface area (Å²) in [7, 11) is 0. The quantitative estimate of drug-likeness (QED) is 0.356. The molecule has 1 rings (SSSR count). The molecule has 0 saturated carbocycles.